The van der Waals surface area contributed by atoms with Crippen molar-refractivity contribution in [3.05, 3.63) is 36.5 Å². The lowest BCUT2D eigenvalue weighted by Crippen LogP contribution is -2.34. The average molecular weight is 772 g/mol. The Morgan fingerprint density at radius 2 is 1.06 bits per heavy atom. The van der Waals surface area contributed by atoms with E-state index in [0.29, 0.717) is 12.8 Å². The van der Waals surface area contributed by atoms with Crippen LogP contribution in [0.4, 0.5) is 0 Å². The van der Waals surface area contributed by atoms with Crippen LogP contribution in [-0.4, -0.2) is 59.9 Å². The molecule has 0 bridgehead atoms. The molecule has 308 valence electrons. The SMILES string of the molecule is CC/C=C\C/C=C\C/C=C\CCCCCC(=O)OC(COC(=O)CCCCCCCCCCCCCCCCCC)COP(=O)(O)OCC(N)C(=O)O. The minimum Gasteiger partial charge on any atom is -0.480 e. The van der Waals surface area contributed by atoms with Gasteiger partial charge in [-0.25, -0.2) is 4.57 Å². The quantitative estimate of drug-likeness (QED) is 0.0236. The van der Waals surface area contributed by atoms with Gasteiger partial charge in [-0.2, -0.15) is 0 Å². The molecule has 0 amide bonds. The summed E-state index contributed by atoms with van der Waals surface area (Å²) in [6.07, 6.45) is 37.9. The number of esters is 2. The van der Waals surface area contributed by atoms with Gasteiger partial charge in [0.2, 0.25) is 0 Å². The summed E-state index contributed by atoms with van der Waals surface area (Å²) >= 11 is 0. The lowest BCUT2D eigenvalue weighted by Gasteiger charge is -2.20. The molecule has 0 spiro atoms. The second-order valence-electron chi connectivity index (χ2n) is 13.7. The van der Waals surface area contributed by atoms with Crippen LogP contribution in [0.5, 0.6) is 0 Å². The number of allylic oxidation sites excluding steroid dienone is 6. The second-order valence-corrected chi connectivity index (χ2v) is 15.2. The molecule has 3 unspecified atom stereocenters. The molecule has 0 aromatic carbocycles. The molecule has 0 saturated heterocycles. The lowest BCUT2D eigenvalue weighted by atomic mass is 10.0. The van der Waals surface area contributed by atoms with E-state index in [2.05, 4.69) is 54.8 Å². The first-order valence-corrected chi connectivity index (χ1v) is 22.0. The van der Waals surface area contributed by atoms with Gasteiger partial charge in [-0.1, -0.05) is 153 Å². The molecule has 0 radical (unpaired) electrons. The number of carbonyl (C=O) groups is 3. The third kappa shape index (κ3) is 36.4. The van der Waals surface area contributed by atoms with Gasteiger partial charge >= 0.3 is 25.7 Å². The third-order valence-electron chi connectivity index (χ3n) is 8.65. The normalized spacial score (nSPS) is 14.2. The largest absolute Gasteiger partial charge is 0.480 e. The number of aliphatic carboxylic acids is 1. The summed E-state index contributed by atoms with van der Waals surface area (Å²) in [5.74, 6) is -2.41. The van der Waals surface area contributed by atoms with Crippen molar-refractivity contribution in [2.75, 3.05) is 19.8 Å². The van der Waals surface area contributed by atoms with Gasteiger partial charge in [0.25, 0.3) is 0 Å². The summed E-state index contributed by atoms with van der Waals surface area (Å²) in [7, 11) is -4.72. The fourth-order valence-corrected chi connectivity index (χ4v) is 6.21. The molecule has 53 heavy (non-hydrogen) atoms. The van der Waals surface area contributed by atoms with E-state index in [4.69, 9.17) is 24.8 Å². The summed E-state index contributed by atoms with van der Waals surface area (Å²) in [6.45, 7) is 2.65. The Hall–Kier alpha value is -2.30. The first kappa shape index (κ1) is 50.7. The van der Waals surface area contributed by atoms with Gasteiger partial charge in [0.05, 0.1) is 13.2 Å². The van der Waals surface area contributed by atoms with Gasteiger partial charge < -0.3 is 25.2 Å². The Bertz CT molecular complexity index is 1050. The molecule has 12 heteroatoms. The molecule has 0 aromatic rings. The van der Waals surface area contributed by atoms with Crippen molar-refractivity contribution >= 4 is 25.7 Å². The third-order valence-corrected chi connectivity index (χ3v) is 9.60. The zero-order valence-electron chi connectivity index (χ0n) is 33.1. The van der Waals surface area contributed by atoms with E-state index in [9.17, 15) is 23.8 Å². The standard InChI is InChI=1S/C41H74NO10P/c1-3-5-7-9-11-13-15-17-18-19-21-22-24-26-28-30-32-39(43)49-34-37(35-50-53(47,48)51-36-38(42)41(45)46)52-40(44)33-31-29-27-25-23-20-16-14-12-10-8-6-4-2/h6,8,12,14,20,23,37-38H,3-5,7,9-11,13,15-19,21-22,24-36,42H2,1-2H3,(H,45,46)(H,47,48)/b8-6-,14-12-,23-20-. The Labute approximate surface area is 321 Å². The zero-order valence-corrected chi connectivity index (χ0v) is 34.0. The maximum atomic E-state index is 12.6. The molecular formula is C41H74NO10P. The molecule has 0 rings (SSSR count). The van der Waals surface area contributed by atoms with Crippen molar-refractivity contribution in [1.82, 2.24) is 0 Å². The molecular weight excluding hydrogens is 697 g/mol. The molecule has 0 saturated carbocycles. The highest BCUT2D eigenvalue weighted by Crippen LogP contribution is 2.43. The first-order chi connectivity index (χ1) is 25.6. The maximum absolute atomic E-state index is 12.6. The summed E-state index contributed by atoms with van der Waals surface area (Å²) in [5, 5.41) is 8.87. The Balaban J connectivity index is 4.40. The van der Waals surface area contributed by atoms with Crippen LogP contribution in [0.25, 0.3) is 0 Å². The number of phosphoric acid groups is 1. The highest BCUT2D eigenvalue weighted by molar-refractivity contribution is 7.47. The van der Waals surface area contributed by atoms with Crippen LogP contribution < -0.4 is 5.73 Å². The molecule has 11 nitrogen and oxygen atoms in total. The molecule has 4 N–H and O–H groups in total. The summed E-state index contributed by atoms with van der Waals surface area (Å²) in [5.41, 5.74) is 5.32. The molecule has 0 heterocycles. The number of unbranched alkanes of at least 4 members (excludes halogenated alkanes) is 18. The van der Waals surface area contributed by atoms with E-state index in [0.717, 1.165) is 57.8 Å². The Morgan fingerprint density at radius 3 is 1.58 bits per heavy atom. The van der Waals surface area contributed by atoms with Crippen molar-refractivity contribution in [2.24, 2.45) is 5.73 Å². The van der Waals surface area contributed by atoms with E-state index in [1.807, 2.05) is 0 Å². The van der Waals surface area contributed by atoms with E-state index in [1.54, 1.807) is 0 Å². The van der Waals surface area contributed by atoms with Gasteiger partial charge in [0.15, 0.2) is 6.10 Å². The van der Waals surface area contributed by atoms with Crippen LogP contribution in [0.1, 0.15) is 174 Å². The van der Waals surface area contributed by atoms with E-state index in [-0.39, 0.29) is 19.4 Å². The minimum atomic E-state index is -4.72. The molecule has 3 atom stereocenters. The van der Waals surface area contributed by atoms with Crippen molar-refractivity contribution < 1.29 is 47.5 Å². The van der Waals surface area contributed by atoms with Crippen LogP contribution in [0.2, 0.25) is 0 Å². The highest BCUT2D eigenvalue weighted by Gasteiger charge is 2.28. The molecule has 0 aliphatic heterocycles. The predicted molar refractivity (Wildman–Crippen MR) is 212 cm³/mol. The van der Waals surface area contributed by atoms with Gasteiger partial charge in [-0.3, -0.25) is 23.4 Å². The van der Waals surface area contributed by atoms with Gasteiger partial charge in [-0.15, -0.1) is 0 Å². The maximum Gasteiger partial charge on any atom is 0.472 e. The summed E-state index contributed by atoms with van der Waals surface area (Å²) in [4.78, 5) is 45.8. The lowest BCUT2D eigenvalue weighted by molar-refractivity contribution is -0.161. The number of carboxylic acid groups (broad SMARTS) is 1. The first-order valence-electron chi connectivity index (χ1n) is 20.5. The smallest absolute Gasteiger partial charge is 0.472 e. The van der Waals surface area contributed by atoms with Crippen LogP contribution in [0.15, 0.2) is 36.5 Å². The monoisotopic (exact) mass is 772 g/mol. The Kier molecular flexibility index (Phi) is 35.1. The zero-order chi connectivity index (χ0) is 39.3. The van der Waals surface area contributed by atoms with Crippen molar-refractivity contribution in [3.8, 4) is 0 Å². The molecule has 0 aliphatic carbocycles. The van der Waals surface area contributed by atoms with Crippen molar-refractivity contribution in [2.45, 2.75) is 187 Å². The van der Waals surface area contributed by atoms with Gasteiger partial charge in [0.1, 0.15) is 12.6 Å². The number of hydrogen-bond acceptors (Lipinski definition) is 9. The van der Waals surface area contributed by atoms with Gasteiger partial charge in [0, 0.05) is 12.8 Å². The number of rotatable bonds is 38. The summed E-state index contributed by atoms with van der Waals surface area (Å²) < 4.78 is 32.6. The molecule has 0 aliphatic rings. The summed E-state index contributed by atoms with van der Waals surface area (Å²) in [6, 6.07) is -1.52. The highest BCUT2D eigenvalue weighted by atomic mass is 31.2. The van der Waals surface area contributed by atoms with Crippen LogP contribution in [0, 0.1) is 0 Å². The number of phosphoric ester groups is 1. The second kappa shape index (κ2) is 36.7. The van der Waals surface area contributed by atoms with Gasteiger partial charge in [-0.05, 0) is 44.9 Å². The molecule has 0 fully saturated rings. The van der Waals surface area contributed by atoms with Crippen molar-refractivity contribution in [1.29, 1.82) is 0 Å². The van der Waals surface area contributed by atoms with Crippen LogP contribution in [0.3, 0.4) is 0 Å². The Morgan fingerprint density at radius 1 is 0.604 bits per heavy atom. The number of hydrogen-bond donors (Lipinski definition) is 3. The fraction of sp³-hybridized carbons (Fsp3) is 0.780. The number of carbonyl (C=O) groups excluding carboxylic acids is 2. The fourth-order valence-electron chi connectivity index (χ4n) is 5.43. The van der Waals surface area contributed by atoms with Crippen LogP contribution in [-0.2, 0) is 37.5 Å². The van der Waals surface area contributed by atoms with Crippen molar-refractivity contribution in [3.63, 3.8) is 0 Å². The van der Waals surface area contributed by atoms with Crippen LogP contribution >= 0.6 is 7.82 Å². The number of ether oxygens (including phenoxy) is 2. The van der Waals surface area contributed by atoms with E-state index >= 15 is 0 Å². The average Bonchev–Trinajstić information content (AvgIpc) is 3.13. The topological polar surface area (TPSA) is 172 Å². The number of carboxylic acids is 1. The minimum absolute atomic E-state index is 0.127. The van der Waals surface area contributed by atoms with E-state index < -0.39 is 51.1 Å². The molecule has 0 aromatic heterocycles. The van der Waals surface area contributed by atoms with E-state index in [1.165, 1.54) is 77.0 Å². The predicted octanol–water partition coefficient (Wildman–Crippen LogP) is 10.4. The number of nitrogens with two attached hydrogens (primary N) is 1.